The minimum atomic E-state index is -0.138. The molecule has 2 heterocycles. The van der Waals surface area contributed by atoms with Gasteiger partial charge in [-0.1, -0.05) is 0 Å². The average Bonchev–Trinajstić information content (AvgIpc) is 2.92. The number of Topliss-reactive ketones (excluding diaryl/α,β-unsaturated/α-hetero) is 1. The van der Waals surface area contributed by atoms with E-state index in [0.29, 0.717) is 23.5 Å². The number of hydrogen-bond acceptors (Lipinski definition) is 4. The molecule has 1 aromatic carbocycles. The summed E-state index contributed by atoms with van der Waals surface area (Å²) in [5.74, 6) is 1.43. The van der Waals surface area contributed by atoms with Gasteiger partial charge >= 0.3 is 0 Å². The molecular formula is C14H16O4. The predicted molar refractivity (Wildman–Crippen MR) is 65.3 cm³/mol. The van der Waals surface area contributed by atoms with Crippen LogP contribution in [0.1, 0.15) is 29.6 Å². The van der Waals surface area contributed by atoms with Crippen molar-refractivity contribution in [2.24, 2.45) is 0 Å². The maximum atomic E-state index is 12.1. The summed E-state index contributed by atoms with van der Waals surface area (Å²) in [7, 11) is 1.59. The van der Waals surface area contributed by atoms with Crippen LogP contribution in [-0.2, 0) is 4.74 Å². The summed E-state index contributed by atoms with van der Waals surface area (Å²) in [5.41, 5.74) is 0.614. The summed E-state index contributed by atoms with van der Waals surface area (Å²) in [4.78, 5) is 12.1. The van der Waals surface area contributed by atoms with Gasteiger partial charge in [0.25, 0.3) is 0 Å². The van der Waals surface area contributed by atoms with Crippen molar-refractivity contribution in [3.05, 3.63) is 23.8 Å². The Morgan fingerprint density at radius 2 is 2.22 bits per heavy atom. The van der Waals surface area contributed by atoms with Crippen LogP contribution in [-0.4, -0.2) is 31.7 Å². The van der Waals surface area contributed by atoms with Gasteiger partial charge in [0.1, 0.15) is 17.6 Å². The SMILES string of the molecule is COc1ccc2c(c1)C(=O)CC(C1CCCO1)O2. The Labute approximate surface area is 106 Å². The van der Waals surface area contributed by atoms with E-state index < -0.39 is 0 Å². The smallest absolute Gasteiger partial charge is 0.170 e. The summed E-state index contributed by atoms with van der Waals surface area (Å²) >= 11 is 0. The van der Waals surface area contributed by atoms with Crippen LogP contribution < -0.4 is 9.47 Å². The molecule has 1 fully saturated rings. The lowest BCUT2D eigenvalue weighted by molar-refractivity contribution is 0.00486. The van der Waals surface area contributed by atoms with E-state index in [1.54, 1.807) is 19.2 Å². The molecule has 4 heteroatoms. The van der Waals surface area contributed by atoms with Gasteiger partial charge in [-0.3, -0.25) is 4.79 Å². The van der Waals surface area contributed by atoms with E-state index in [1.807, 2.05) is 6.07 Å². The van der Waals surface area contributed by atoms with E-state index in [-0.39, 0.29) is 18.0 Å². The summed E-state index contributed by atoms with van der Waals surface area (Å²) in [6.45, 7) is 0.772. The van der Waals surface area contributed by atoms with Crippen molar-refractivity contribution < 1.29 is 19.0 Å². The molecule has 0 aromatic heterocycles. The van der Waals surface area contributed by atoms with Gasteiger partial charge in [-0.25, -0.2) is 0 Å². The lowest BCUT2D eigenvalue weighted by atomic mass is 9.96. The van der Waals surface area contributed by atoms with Crippen molar-refractivity contribution in [3.63, 3.8) is 0 Å². The maximum absolute atomic E-state index is 12.1. The molecule has 0 amide bonds. The minimum absolute atomic E-state index is 0.0594. The largest absolute Gasteiger partial charge is 0.497 e. The van der Waals surface area contributed by atoms with Gasteiger partial charge in [0, 0.05) is 6.61 Å². The van der Waals surface area contributed by atoms with Crippen LogP contribution >= 0.6 is 0 Å². The fourth-order valence-corrected chi connectivity index (χ4v) is 2.56. The van der Waals surface area contributed by atoms with Crippen LogP contribution in [0.15, 0.2) is 18.2 Å². The summed E-state index contributed by atoms with van der Waals surface area (Å²) in [6.07, 6.45) is 2.34. The highest BCUT2D eigenvalue weighted by atomic mass is 16.5. The highest BCUT2D eigenvalue weighted by Crippen LogP contribution is 2.33. The van der Waals surface area contributed by atoms with E-state index in [1.165, 1.54) is 0 Å². The molecule has 2 aliphatic heterocycles. The van der Waals surface area contributed by atoms with Crippen LogP contribution in [0.4, 0.5) is 0 Å². The normalized spacial score (nSPS) is 26.6. The zero-order valence-corrected chi connectivity index (χ0v) is 10.3. The number of ketones is 1. The number of carbonyl (C=O) groups is 1. The summed E-state index contributed by atoms with van der Waals surface area (Å²) in [6, 6.07) is 5.35. The van der Waals surface area contributed by atoms with E-state index in [9.17, 15) is 4.79 Å². The molecule has 2 atom stereocenters. The minimum Gasteiger partial charge on any atom is -0.497 e. The number of methoxy groups -OCH3 is 1. The van der Waals surface area contributed by atoms with Crippen LogP contribution in [0, 0.1) is 0 Å². The standard InChI is InChI=1S/C14H16O4/c1-16-9-4-5-12-10(7-9)11(15)8-14(18-12)13-3-2-6-17-13/h4-5,7,13-14H,2-3,6,8H2,1H3. The molecule has 96 valence electrons. The first-order chi connectivity index (χ1) is 8.78. The van der Waals surface area contributed by atoms with Crippen molar-refractivity contribution in [2.45, 2.75) is 31.5 Å². The van der Waals surface area contributed by atoms with Crippen LogP contribution in [0.3, 0.4) is 0 Å². The van der Waals surface area contributed by atoms with E-state index in [2.05, 4.69) is 0 Å². The molecule has 0 aliphatic carbocycles. The fraction of sp³-hybridized carbons (Fsp3) is 0.500. The van der Waals surface area contributed by atoms with Crippen LogP contribution in [0.2, 0.25) is 0 Å². The Kier molecular flexibility index (Phi) is 2.96. The number of hydrogen-bond donors (Lipinski definition) is 0. The van der Waals surface area contributed by atoms with Gasteiger partial charge in [0.2, 0.25) is 0 Å². The molecule has 2 aliphatic rings. The Morgan fingerprint density at radius 3 is 2.94 bits per heavy atom. The predicted octanol–water partition coefficient (Wildman–Crippen LogP) is 2.21. The van der Waals surface area contributed by atoms with Crippen LogP contribution in [0.5, 0.6) is 11.5 Å². The van der Waals surface area contributed by atoms with Crippen molar-refractivity contribution in [2.75, 3.05) is 13.7 Å². The molecule has 4 nitrogen and oxygen atoms in total. The Balaban J connectivity index is 1.85. The van der Waals surface area contributed by atoms with Crippen molar-refractivity contribution in [1.82, 2.24) is 0 Å². The average molecular weight is 248 g/mol. The van der Waals surface area contributed by atoms with Crippen molar-refractivity contribution >= 4 is 5.78 Å². The highest BCUT2D eigenvalue weighted by molar-refractivity contribution is 6.00. The van der Waals surface area contributed by atoms with E-state index >= 15 is 0 Å². The van der Waals surface area contributed by atoms with Gasteiger partial charge in [-0.2, -0.15) is 0 Å². The molecule has 1 aromatic rings. The van der Waals surface area contributed by atoms with Crippen molar-refractivity contribution in [1.29, 1.82) is 0 Å². The third-order valence-corrected chi connectivity index (χ3v) is 3.53. The highest BCUT2D eigenvalue weighted by Gasteiger charge is 2.34. The Morgan fingerprint density at radius 1 is 1.33 bits per heavy atom. The van der Waals surface area contributed by atoms with Gasteiger partial charge in [0.05, 0.1) is 25.2 Å². The number of rotatable bonds is 2. The van der Waals surface area contributed by atoms with E-state index in [0.717, 1.165) is 19.4 Å². The molecule has 0 saturated carbocycles. The zero-order valence-electron chi connectivity index (χ0n) is 10.3. The first kappa shape index (κ1) is 11.5. The Bertz CT molecular complexity index is 463. The molecule has 0 spiro atoms. The topological polar surface area (TPSA) is 44.8 Å². The second-order valence-electron chi connectivity index (χ2n) is 4.70. The van der Waals surface area contributed by atoms with Crippen molar-refractivity contribution in [3.8, 4) is 11.5 Å². The number of carbonyl (C=O) groups excluding carboxylic acids is 1. The number of fused-ring (bicyclic) bond motifs is 1. The molecule has 18 heavy (non-hydrogen) atoms. The third-order valence-electron chi connectivity index (χ3n) is 3.53. The molecule has 0 radical (unpaired) electrons. The van der Waals surface area contributed by atoms with Gasteiger partial charge in [0.15, 0.2) is 5.78 Å². The van der Waals surface area contributed by atoms with Gasteiger partial charge in [-0.15, -0.1) is 0 Å². The quantitative estimate of drug-likeness (QED) is 0.805. The lowest BCUT2D eigenvalue weighted by Gasteiger charge is -2.29. The monoisotopic (exact) mass is 248 g/mol. The molecule has 0 bridgehead atoms. The fourth-order valence-electron chi connectivity index (χ4n) is 2.56. The molecule has 1 saturated heterocycles. The van der Waals surface area contributed by atoms with Gasteiger partial charge in [-0.05, 0) is 31.0 Å². The summed E-state index contributed by atoms with van der Waals surface area (Å²) < 4.78 is 16.6. The van der Waals surface area contributed by atoms with E-state index in [4.69, 9.17) is 14.2 Å². The second kappa shape index (κ2) is 4.61. The molecule has 2 unspecified atom stereocenters. The third kappa shape index (κ3) is 1.97. The maximum Gasteiger partial charge on any atom is 0.170 e. The Hall–Kier alpha value is -1.55. The summed E-state index contributed by atoms with van der Waals surface area (Å²) in [5, 5.41) is 0. The molecule has 0 N–H and O–H groups in total. The molecule has 3 rings (SSSR count). The number of ether oxygens (including phenoxy) is 3. The number of benzene rings is 1. The second-order valence-corrected chi connectivity index (χ2v) is 4.70. The zero-order chi connectivity index (χ0) is 12.5. The molecular weight excluding hydrogens is 232 g/mol. The van der Waals surface area contributed by atoms with Gasteiger partial charge < -0.3 is 14.2 Å². The van der Waals surface area contributed by atoms with Crippen LogP contribution in [0.25, 0.3) is 0 Å². The lowest BCUT2D eigenvalue weighted by Crippen LogP contribution is -2.36. The first-order valence-electron chi connectivity index (χ1n) is 6.27. The first-order valence-corrected chi connectivity index (χ1v) is 6.27.